The van der Waals surface area contributed by atoms with Gasteiger partial charge in [-0.25, -0.2) is 4.98 Å². The summed E-state index contributed by atoms with van der Waals surface area (Å²) in [5.74, 6) is -0.672. The topological polar surface area (TPSA) is 75.2 Å². The molecule has 1 aromatic carbocycles. The predicted molar refractivity (Wildman–Crippen MR) is 73.8 cm³/mol. The van der Waals surface area contributed by atoms with Gasteiger partial charge in [-0.1, -0.05) is 23.7 Å². The minimum atomic E-state index is -0.415. The van der Waals surface area contributed by atoms with Crippen LogP contribution in [0, 0.1) is 0 Å². The molecule has 0 fully saturated rings. The molecule has 2 amide bonds. The van der Waals surface area contributed by atoms with Gasteiger partial charge in [0.15, 0.2) is 0 Å². The van der Waals surface area contributed by atoms with Gasteiger partial charge in [-0.2, -0.15) is 0 Å². The highest BCUT2D eigenvalue weighted by Crippen LogP contribution is 2.29. The first-order chi connectivity index (χ1) is 9.65. The molecule has 20 heavy (non-hydrogen) atoms. The quantitative estimate of drug-likeness (QED) is 0.867. The monoisotopic (exact) mass is 288 g/mol. The second-order valence-electron chi connectivity index (χ2n) is 4.18. The second-order valence-corrected chi connectivity index (χ2v) is 4.57. The lowest BCUT2D eigenvalue weighted by Crippen LogP contribution is -2.42. The van der Waals surface area contributed by atoms with Gasteiger partial charge in [0.05, 0.1) is 23.8 Å². The van der Waals surface area contributed by atoms with Crippen LogP contribution in [0.5, 0.6) is 0 Å². The molecule has 0 saturated carbocycles. The number of para-hydroxylation sites is 2. The van der Waals surface area contributed by atoms with E-state index in [2.05, 4.69) is 15.3 Å². The molecule has 3 rings (SSSR count). The third-order valence-electron chi connectivity index (χ3n) is 2.84. The van der Waals surface area contributed by atoms with Gasteiger partial charge < -0.3 is 5.32 Å². The standard InChI is InChI=1S/C13H9ClN4O2/c14-11-6-15-5-9(16-11)13(20)18-7-12(19)17-8-3-1-2-4-10(8)18/h1-6H,7H2,(H,17,19). The van der Waals surface area contributed by atoms with E-state index >= 15 is 0 Å². The van der Waals surface area contributed by atoms with Gasteiger partial charge in [-0.05, 0) is 12.1 Å². The fourth-order valence-corrected chi connectivity index (χ4v) is 2.15. The molecular formula is C13H9ClN4O2. The summed E-state index contributed by atoms with van der Waals surface area (Å²) in [6.07, 6.45) is 2.67. The number of benzene rings is 1. The number of anilines is 2. The molecule has 100 valence electrons. The number of carbonyl (C=O) groups is 2. The van der Waals surface area contributed by atoms with Crippen LogP contribution >= 0.6 is 11.6 Å². The maximum atomic E-state index is 12.4. The SMILES string of the molecule is O=C1CN(C(=O)c2cncc(Cl)n2)c2ccccc2N1. The van der Waals surface area contributed by atoms with Crippen LogP contribution in [0.1, 0.15) is 10.5 Å². The molecule has 1 aromatic heterocycles. The number of hydrogen-bond donors (Lipinski definition) is 1. The maximum Gasteiger partial charge on any atom is 0.279 e. The lowest BCUT2D eigenvalue weighted by atomic mass is 10.2. The van der Waals surface area contributed by atoms with Gasteiger partial charge in [0.25, 0.3) is 5.91 Å². The maximum absolute atomic E-state index is 12.4. The molecule has 2 heterocycles. The molecule has 0 spiro atoms. The van der Waals surface area contributed by atoms with Gasteiger partial charge in [0.2, 0.25) is 5.91 Å². The number of carbonyl (C=O) groups excluding carboxylic acids is 2. The van der Waals surface area contributed by atoms with Crippen molar-refractivity contribution < 1.29 is 9.59 Å². The Morgan fingerprint density at radius 3 is 2.90 bits per heavy atom. The first kappa shape index (κ1) is 12.6. The number of amides is 2. The van der Waals surface area contributed by atoms with Crippen molar-refractivity contribution in [2.75, 3.05) is 16.8 Å². The molecule has 7 heteroatoms. The van der Waals surface area contributed by atoms with E-state index in [4.69, 9.17) is 11.6 Å². The van der Waals surface area contributed by atoms with Crippen LogP contribution in [0.3, 0.4) is 0 Å². The van der Waals surface area contributed by atoms with Gasteiger partial charge in [0.1, 0.15) is 17.4 Å². The molecule has 0 unspecified atom stereocenters. The fourth-order valence-electron chi connectivity index (χ4n) is 2.00. The minimum absolute atomic E-state index is 0.0654. The van der Waals surface area contributed by atoms with Crippen LogP contribution in [0.4, 0.5) is 11.4 Å². The van der Waals surface area contributed by atoms with Crippen LogP contribution in [-0.4, -0.2) is 28.3 Å². The van der Waals surface area contributed by atoms with E-state index in [1.807, 2.05) is 0 Å². The van der Waals surface area contributed by atoms with E-state index in [1.165, 1.54) is 17.3 Å². The molecule has 0 atom stereocenters. The normalized spacial score (nSPS) is 13.7. The van der Waals surface area contributed by atoms with Gasteiger partial charge >= 0.3 is 0 Å². The van der Waals surface area contributed by atoms with Crippen molar-refractivity contribution >= 4 is 34.8 Å². The third kappa shape index (κ3) is 2.21. The highest BCUT2D eigenvalue weighted by molar-refractivity contribution is 6.29. The smallest absolute Gasteiger partial charge is 0.279 e. The molecule has 0 bridgehead atoms. The Labute approximate surface area is 119 Å². The fraction of sp³-hybridized carbons (Fsp3) is 0.0769. The van der Waals surface area contributed by atoms with E-state index in [-0.39, 0.29) is 23.3 Å². The zero-order valence-electron chi connectivity index (χ0n) is 10.2. The van der Waals surface area contributed by atoms with E-state index < -0.39 is 5.91 Å². The second kappa shape index (κ2) is 4.90. The number of halogens is 1. The first-order valence-electron chi connectivity index (χ1n) is 5.83. The predicted octanol–water partition coefficient (Wildman–Crippen LogP) is 1.73. The molecule has 1 aliphatic rings. The molecule has 0 radical (unpaired) electrons. The Kier molecular flexibility index (Phi) is 3.08. The number of hydrogen-bond acceptors (Lipinski definition) is 4. The Balaban J connectivity index is 2.02. The zero-order chi connectivity index (χ0) is 14.1. The molecule has 6 nitrogen and oxygen atoms in total. The van der Waals surface area contributed by atoms with E-state index in [0.29, 0.717) is 11.4 Å². The van der Waals surface area contributed by atoms with Crippen LogP contribution in [-0.2, 0) is 4.79 Å². The summed E-state index contributed by atoms with van der Waals surface area (Å²) in [6.45, 7) is -0.0654. The highest BCUT2D eigenvalue weighted by atomic mass is 35.5. The molecule has 1 aliphatic heterocycles. The summed E-state index contributed by atoms with van der Waals surface area (Å²) in [6, 6.07) is 7.06. The van der Waals surface area contributed by atoms with Crippen molar-refractivity contribution in [3.8, 4) is 0 Å². The number of aromatic nitrogens is 2. The Morgan fingerprint density at radius 1 is 1.30 bits per heavy atom. The van der Waals surface area contributed by atoms with E-state index in [1.54, 1.807) is 24.3 Å². The van der Waals surface area contributed by atoms with Crippen molar-refractivity contribution in [2.24, 2.45) is 0 Å². The molecule has 0 saturated heterocycles. The summed E-state index contributed by atoms with van der Waals surface area (Å²) in [7, 11) is 0. The molecule has 0 aliphatic carbocycles. The average molecular weight is 289 g/mol. The third-order valence-corrected chi connectivity index (χ3v) is 3.02. The average Bonchev–Trinajstić information content (AvgIpc) is 2.45. The number of fused-ring (bicyclic) bond motifs is 1. The summed E-state index contributed by atoms with van der Waals surface area (Å²) in [5, 5.41) is 2.84. The summed E-state index contributed by atoms with van der Waals surface area (Å²) < 4.78 is 0. The molecular weight excluding hydrogens is 280 g/mol. The lowest BCUT2D eigenvalue weighted by molar-refractivity contribution is -0.115. The van der Waals surface area contributed by atoms with Crippen molar-refractivity contribution in [1.29, 1.82) is 0 Å². The zero-order valence-corrected chi connectivity index (χ0v) is 11.0. The number of nitrogens with one attached hydrogen (secondary N) is 1. The largest absolute Gasteiger partial charge is 0.323 e. The van der Waals surface area contributed by atoms with Crippen molar-refractivity contribution in [1.82, 2.24) is 9.97 Å². The summed E-state index contributed by atoms with van der Waals surface area (Å²) in [4.78, 5) is 33.2. The van der Waals surface area contributed by atoms with Gasteiger partial charge in [-0.15, -0.1) is 0 Å². The van der Waals surface area contributed by atoms with Crippen molar-refractivity contribution in [3.63, 3.8) is 0 Å². The first-order valence-corrected chi connectivity index (χ1v) is 6.21. The van der Waals surface area contributed by atoms with Gasteiger partial charge in [-0.3, -0.25) is 19.5 Å². The van der Waals surface area contributed by atoms with Crippen LogP contribution in [0.15, 0.2) is 36.7 Å². The van der Waals surface area contributed by atoms with Crippen LogP contribution in [0.25, 0.3) is 0 Å². The molecule has 2 aromatic rings. The van der Waals surface area contributed by atoms with Crippen molar-refractivity contribution in [3.05, 3.63) is 47.5 Å². The lowest BCUT2D eigenvalue weighted by Gasteiger charge is -2.28. The Hall–Kier alpha value is -2.47. The summed E-state index contributed by atoms with van der Waals surface area (Å²) in [5.41, 5.74) is 1.31. The van der Waals surface area contributed by atoms with Crippen LogP contribution in [0.2, 0.25) is 5.15 Å². The Morgan fingerprint density at radius 2 is 2.10 bits per heavy atom. The van der Waals surface area contributed by atoms with Crippen molar-refractivity contribution in [2.45, 2.75) is 0 Å². The van der Waals surface area contributed by atoms with Gasteiger partial charge in [0, 0.05) is 0 Å². The summed E-state index contributed by atoms with van der Waals surface area (Å²) >= 11 is 5.73. The van der Waals surface area contributed by atoms with E-state index in [0.717, 1.165) is 0 Å². The van der Waals surface area contributed by atoms with Crippen LogP contribution < -0.4 is 10.2 Å². The minimum Gasteiger partial charge on any atom is -0.323 e. The Bertz CT molecular complexity index is 704. The number of nitrogens with zero attached hydrogens (tertiary/aromatic N) is 3. The highest BCUT2D eigenvalue weighted by Gasteiger charge is 2.28. The molecule has 1 N–H and O–H groups in total. The van der Waals surface area contributed by atoms with E-state index in [9.17, 15) is 9.59 Å². The number of rotatable bonds is 1.